The lowest BCUT2D eigenvalue weighted by atomic mass is 10.3. The third-order valence-corrected chi connectivity index (χ3v) is 2.42. The van der Waals surface area contributed by atoms with Gasteiger partial charge in [-0.2, -0.15) is 5.10 Å². The van der Waals surface area contributed by atoms with Crippen molar-refractivity contribution in [2.75, 3.05) is 0 Å². The molecule has 0 aliphatic heterocycles. The molecule has 84 valence electrons. The number of para-hydroxylation sites is 1. The summed E-state index contributed by atoms with van der Waals surface area (Å²) in [5.74, 6) is 1.50. The number of aryl methyl sites for hydroxylation is 1. The van der Waals surface area contributed by atoms with E-state index in [2.05, 4.69) is 10.1 Å². The largest absolute Gasteiger partial charge is 0.453 e. The van der Waals surface area contributed by atoms with Crippen molar-refractivity contribution >= 4 is 5.65 Å². The summed E-state index contributed by atoms with van der Waals surface area (Å²) in [6.07, 6.45) is 3.57. The Morgan fingerprint density at radius 2 is 1.94 bits per heavy atom. The minimum absolute atomic E-state index is 0.708. The third kappa shape index (κ3) is 1.85. The fourth-order valence-electron chi connectivity index (χ4n) is 1.68. The van der Waals surface area contributed by atoms with Gasteiger partial charge in [0.25, 0.3) is 0 Å². The van der Waals surface area contributed by atoms with Crippen LogP contribution in [0.5, 0.6) is 11.5 Å². The minimum Gasteiger partial charge on any atom is -0.453 e. The second-order valence-corrected chi connectivity index (χ2v) is 3.76. The van der Waals surface area contributed by atoms with E-state index in [1.54, 1.807) is 10.7 Å². The molecule has 0 aliphatic carbocycles. The second kappa shape index (κ2) is 3.90. The highest BCUT2D eigenvalue weighted by molar-refractivity contribution is 5.54. The first-order valence-corrected chi connectivity index (χ1v) is 5.37. The van der Waals surface area contributed by atoms with E-state index in [9.17, 15) is 0 Å². The van der Waals surface area contributed by atoms with Gasteiger partial charge >= 0.3 is 0 Å². The van der Waals surface area contributed by atoms with Crippen molar-refractivity contribution in [1.29, 1.82) is 0 Å². The molecule has 0 aliphatic rings. The Hall–Kier alpha value is -2.36. The highest BCUT2D eigenvalue weighted by Gasteiger charge is 2.06. The molecule has 4 heteroatoms. The maximum Gasteiger partial charge on any atom is 0.197 e. The van der Waals surface area contributed by atoms with Crippen molar-refractivity contribution in [3.05, 3.63) is 54.5 Å². The van der Waals surface area contributed by atoms with E-state index in [0.717, 1.165) is 17.1 Å². The van der Waals surface area contributed by atoms with Crippen LogP contribution in [-0.2, 0) is 0 Å². The molecule has 0 atom stereocenters. The van der Waals surface area contributed by atoms with E-state index >= 15 is 0 Å². The number of hydrogen-bond acceptors (Lipinski definition) is 3. The van der Waals surface area contributed by atoms with Gasteiger partial charge in [-0.1, -0.05) is 18.2 Å². The van der Waals surface area contributed by atoms with Gasteiger partial charge in [0, 0.05) is 6.07 Å². The van der Waals surface area contributed by atoms with Crippen LogP contribution in [-0.4, -0.2) is 14.6 Å². The Morgan fingerprint density at radius 3 is 2.76 bits per heavy atom. The average molecular weight is 225 g/mol. The molecule has 0 spiro atoms. The number of rotatable bonds is 2. The zero-order valence-electron chi connectivity index (χ0n) is 9.37. The Kier molecular flexibility index (Phi) is 2.26. The molecule has 0 fully saturated rings. The number of imidazole rings is 1. The number of ether oxygens (including phenoxy) is 1. The van der Waals surface area contributed by atoms with E-state index in [-0.39, 0.29) is 0 Å². The number of nitrogens with zero attached hydrogens (tertiary/aromatic N) is 3. The van der Waals surface area contributed by atoms with Gasteiger partial charge in [0.15, 0.2) is 11.4 Å². The van der Waals surface area contributed by atoms with E-state index in [1.165, 1.54) is 0 Å². The summed E-state index contributed by atoms with van der Waals surface area (Å²) in [6, 6.07) is 11.5. The summed E-state index contributed by atoms with van der Waals surface area (Å²) in [6.45, 7) is 1.93. The van der Waals surface area contributed by atoms with Crippen LogP contribution in [0.4, 0.5) is 0 Å². The maximum atomic E-state index is 5.78. The third-order valence-electron chi connectivity index (χ3n) is 2.42. The van der Waals surface area contributed by atoms with Gasteiger partial charge in [0.1, 0.15) is 5.75 Å². The summed E-state index contributed by atoms with van der Waals surface area (Å²) < 4.78 is 7.50. The number of fused-ring (bicyclic) bond motifs is 1. The maximum absolute atomic E-state index is 5.78. The molecule has 0 N–H and O–H groups in total. The van der Waals surface area contributed by atoms with Crippen LogP contribution in [0.15, 0.2) is 48.8 Å². The zero-order valence-corrected chi connectivity index (χ0v) is 9.37. The van der Waals surface area contributed by atoms with Crippen molar-refractivity contribution in [1.82, 2.24) is 14.6 Å². The smallest absolute Gasteiger partial charge is 0.197 e. The second-order valence-electron chi connectivity index (χ2n) is 3.76. The van der Waals surface area contributed by atoms with Gasteiger partial charge < -0.3 is 4.74 Å². The topological polar surface area (TPSA) is 39.4 Å². The van der Waals surface area contributed by atoms with Crippen LogP contribution in [0, 0.1) is 6.92 Å². The highest BCUT2D eigenvalue weighted by Crippen LogP contribution is 2.24. The Balaban J connectivity index is 2.06. The lowest BCUT2D eigenvalue weighted by Gasteiger charge is -2.05. The molecule has 3 rings (SSSR count). The zero-order chi connectivity index (χ0) is 11.7. The van der Waals surface area contributed by atoms with E-state index in [4.69, 9.17) is 4.74 Å². The lowest BCUT2D eigenvalue weighted by molar-refractivity contribution is 0.483. The minimum atomic E-state index is 0.708. The Labute approximate surface area is 98.5 Å². The van der Waals surface area contributed by atoms with Crippen LogP contribution in [0.2, 0.25) is 0 Å². The SMILES string of the molecule is Cc1cn2nccc(Oc3ccccc3)c2n1. The van der Waals surface area contributed by atoms with Crippen LogP contribution < -0.4 is 4.74 Å². The molecule has 3 aromatic rings. The highest BCUT2D eigenvalue weighted by atomic mass is 16.5. The fourth-order valence-corrected chi connectivity index (χ4v) is 1.68. The first-order valence-electron chi connectivity index (χ1n) is 5.37. The molecule has 0 saturated carbocycles. The Morgan fingerprint density at radius 1 is 1.12 bits per heavy atom. The molecule has 2 aromatic heterocycles. The van der Waals surface area contributed by atoms with Crippen molar-refractivity contribution in [2.45, 2.75) is 6.92 Å². The van der Waals surface area contributed by atoms with Gasteiger partial charge in [-0.15, -0.1) is 0 Å². The predicted molar refractivity (Wildman–Crippen MR) is 64.2 cm³/mol. The fraction of sp³-hybridized carbons (Fsp3) is 0.0769. The van der Waals surface area contributed by atoms with Crippen LogP contribution in [0.1, 0.15) is 5.69 Å². The number of benzene rings is 1. The molecule has 0 unspecified atom stereocenters. The van der Waals surface area contributed by atoms with E-state index in [1.807, 2.05) is 49.5 Å². The number of aromatic nitrogens is 3. The predicted octanol–water partition coefficient (Wildman–Crippen LogP) is 2.83. The van der Waals surface area contributed by atoms with Gasteiger partial charge in [0.05, 0.1) is 18.1 Å². The molecule has 0 saturated heterocycles. The van der Waals surface area contributed by atoms with E-state index < -0.39 is 0 Å². The first-order chi connectivity index (χ1) is 8.33. The lowest BCUT2D eigenvalue weighted by Crippen LogP contribution is -1.92. The van der Waals surface area contributed by atoms with E-state index in [0.29, 0.717) is 5.75 Å². The molecular weight excluding hydrogens is 214 g/mol. The standard InChI is InChI=1S/C13H11N3O/c1-10-9-16-13(15-10)12(7-8-14-16)17-11-5-3-2-4-6-11/h2-9H,1H3. The van der Waals surface area contributed by atoms with Gasteiger partial charge in [-0.3, -0.25) is 0 Å². The van der Waals surface area contributed by atoms with Gasteiger partial charge in [-0.05, 0) is 19.1 Å². The average Bonchev–Trinajstić information content (AvgIpc) is 2.72. The normalized spacial score (nSPS) is 10.6. The summed E-state index contributed by atoms with van der Waals surface area (Å²) in [4.78, 5) is 4.38. The molecule has 0 radical (unpaired) electrons. The van der Waals surface area contributed by atoms with Crippen molar-refractivity contribution in [3.8, 4) is 11.5 Å². The quantitative estimate of drug-likeness (QED) is 0.673. The summed E-state index contributed by atoms with van der Waals surface area (Å²) in [7, 11) is 0. The van der Waals surface area contributed by atoms with Gasteiger partial charge in [-0.25, -0.2) is 9.50 Å². The molecular formula is C13H11N3O. The van der Waals surface area contributed by atoms with Crippen molar-refractivity contribution in [2.24, 2.45) is 0 Å². The Bertz CT molecular complexity index is 646. The molecule has 2 heterocycles. The van der Waals surface area contributed by atoms with Crippen molar-refractivity contribution < 1.29 is 4.74 Å². The summed E-state index contributed by atoms with van der Waals surface area (Å²) in [5, 5.41) is 4.18. The molecule has 17 heavy (non-hydrogen) atoms. The van der Waals surface area contributed by atoms with Crippen molar-refractivity contribution in [3.63, 3.8) is 0 Å². The van der Waals surface area contributed by atoms with Crippen LogP contribution in [0.3, 0.4) is 0 Å². The van der Waals surface area contributed by atoms with Crippen LogP contribution in [0.25, 0.3) is 5.65 Å². The molecule has 1 aromatic carbocycles. The first kappa shape index (κ1) is 9.84. The monoisotopic (exact) mass is 225 g/mol. The molecule has 0 amide bonds. The molecule has 0 bridgehead atoms. The summed E-state index contributed by atoms with van der Waals surface area (Å²) in [5.41, 5.74) is 1.65. The summed E-state index contributed by atoms with van der Waals surface area (Å²) >= 11 is 0. The number of hydrogen-bond donors (Lipinski definition) is 0. The molecule has 4 nitrogen and oxygen atoms in total. The van der Waals surface area contributed by atoms with Gasteiger partial charge in [0.2, 0.25) is 0 Å². The van der Waals surface area contributed by atoms with Crippen LogP contribution >= 0.6 is 0 Å².